The van der Waals surface area contributed by atoms with E-state index in [1.807, 2.05) is 0 Å². The lowest BCUT2D eigenvalue weighted by atomic mass is 9.80. The van der Waals surface area contributed by atoms with Crippen LogP contribution in [0.25, 0.3) is 0 Å². The number of aliphatic hydroxyl groups excluding tert-OH is 1. The summed E-state index contributed by atoms with van der Waals surface area (Å²) in [7, 11) is 4.48. The summed E-state index contributed by atoms with van der Waals surface area (Å²) in [4.78, 5) is 49.8. The predicted molar refractivity (Wildman–Crippen MR) is 97.2 cm³/mol. The van der Waals surface area contributed by atoms with Crippen molar-refractivity contribution in [2.24, 2.45) is 5.92 Å². The van der Waals surface area contributed by atoms with E-state index in [9.17, 15) is 24.3 Å². The second kappa shape index (κ2) is 8.97. The van der Waals surface area contributed by atoms with Gasteiger partial charge in [0.15, 0.2) is 0 Å². The standard InChI is InChI=1S/C19H25NO9/c1-26-11(21)9-10-12(16(23)27-2)13(17(24)28-3)15(22)14(18(25)29-4)19(20-10)7-5-6-8-19/h14,20,22H,5-9H2,1-4H3. The van der Waals surface area contributed by atoms with Crippen molar-refractivity contribution >= 4 is 23.9 Å². The van der Waals surface area contributed by atoms with Crippen molar-refractivity contribution in [1.29, 1.82) is 0 Å². The number of esters is 4. The molecule has 0 radical (unpaired) electrons. The molecule has 10 heteroatoms. The topological polar surface area (TPSA) is 137 Å². The van der Waals surface area contributed by atoms with Gasteiger partial charge in [-0.05, 0) is 12.8 Å². The number of hydrogen-bond donors (Lipinski definition) is 2. The summed E-state index contributed by atoms with van der Waals surface area (Å²) in [5.74, 6) is -5.49. The quantitative estimate of drug-likeness (QED) is 0.490. The molecular weight excluding hydrogens is 386 g/mol. The fourth-order valence-corrected chi connectivity index (χ4v) is 3.98. The zero-order valence-electron chi connectivity index (χ0n) is 16.8. The van der Waals surface area contributed by atoms with Crippen LogP contribution in [-0.2, 0) is 38.1 Å². The number of aliphatic hydroxyl groups is 1. The van der Waals surface area contributed by atoms with Crippen molar-refractivity contribution < 1.29 is 43.2 Å². The summed E-state index contributed by atoms with van der Waals surface area (Å²) in [6, 6.07) is 0. The second-order valence-corrected chi connectivity index (χ2v) is 6.79. The number of hydrogen-bond acceptors (Lipinski definition) is 10. The van der Waals surface area contributed by atoms with Gasteiger partial charge in [0.1, 0.15) is 17.3 Å². The molecule has 0 bridgehead atoms. The van der Waals surface area contributed by atoms with Gasteiger partial charge in [0.05, 0.1) is 46.0 Å². The minimum absolute atomic E-state index is 0.00366. The van der Waals surface area contributed by atoms with Gasteiger partial charge < -0.3 is 29.4 Å². The lowest BCUT2D eigenvalue weighted by molar-refractivity contribution is -0.148. The fourth-order valence-electron chi connectivity index (χ4n) is 3.98. The third kappa shape index (κ3) is 4.06. The van der Waals surface area contributed by atoms with Crippen molar-refractivity contribution in [3.05, 3.63) is 22.6 Å². The third-order valence-corrected chi connectivity index (χ3v) is 5.29. The smallest absolute Gasteiger partial charge is 0.342 e. The van der Waals surface area contributed by atoms with Crippen LogP contribution in [0.5, 0.6) is 0 Å². The average Bonchev–Trinajstić information content (AvgIpc) is 3.14. The van der Waals surface area contributed by atoms with Crippen molar-refractivity contribution in [2.45, 2.75) is 37.6 Å². The Morgan fingerprint density at radius 1 is 0.931 bits per heavy atom. The zero-order chi connectivity index (χ0) is 21.8. The highest BCUT2D eigenvalue weighted by molar-refractivity contribution is 6.09. The number of ether oxygens (including phenoxy) is 4. The van der Waals surface area contributed by atoms with E-state index in [1.54, 1.807) is 0 Å². The molecule has 2 N–H and O–H groups in total. The van der Waals surface area contributed by atoms with E-state index < -0.39 is 53.1 Å². The summed E-state index contributed by atoms with van der Waals surface area (Å²) >= 11 is 0. The van der Waals surface area contributed by atoms with Crippen molar-refractivity contribution in [3.8, 4) is 0 Å². The maximum Gasteiger partial charge on any atom is 0.342 e. The average molecular weight is 411 g/mol. The Bertz CT molecular complexity index is 749. The van der Waals surface area contributed by atoms with Gasteiger partial charge in [0, 0.05) is 5.70 Å². The molecule has 2 aliphatic rings. The molecule has 1 atom stereocenters. The molecule has 1 unspecified atom stereocenters. The largest absolute Gasteiger partial charge is 0.510 e. The van der Waals surface area contributed by atoms with Crippen LogP contribution in [0.3, 0.4) is 0 Å². The summed E-state index contributed by atoms with van der Waals surface area (Å²) in [6.45, 7) is 0. The van der Waals surface area contributed by atoms with E-state index in [0.29, 0.717) is 12.8 Å². The van der Waals surface area contributed by atoms with E-state index in [4.69, 9.17) is 18.9 Å². The Kier molecular flexibility index (Phi) is 6.89. The minimum Gasteiger partial charge on any atom is -0.510 e. The molecule has 1 aliphatic heterocycles. The summed E-state index contributed by atoms with van der Waals surface area (Å²) in [5.41, 5.74) is -2.00. The summed E-state index contributed by atoms with van der Waals surface area (Å²) in [5, 5.41) is 14.1. The number of carbonyl (C=O) groups is 4. The van der Waals surface area contributed by atoms with Gasteiger partial charge in [0.25, 0.3) is 0 Å². The lowest BCUT2D eigenvalue weighted by Gasteiger charge is -2.36. The first-order valence-corrected chi connectivity index (χ1v) is 9.02. The first kappa shape index (κ1) is 22.3. The summed E-state index contributed by atoms with van der Waals surface area (Å²) < 4.78 is 19.1. The molecule has 160 valence electrons. The van der Waals surface area contributed by atoms with Crippen molar-refractivity contribution in [2.75, 3.05) is 28.4 Å². The Labute approximate surface area is 167 Å². The van der Waals surface area contributed by atoms with Gasteiger partial charge in [-0.1, -0.05) is 12.8 Å². The van der Waals surface area contributed by atoms with E-state index in [-0.39, 0.29) is 11.3 Å². The van der Waals surface area contributed by atoms with E-state index in [2.05, 4.69) is 5.32 Å². The van der Waals surface area contributed by atoms with Crippen LogP contribution in [-0.4, -0.2) is 63.0 Å². The molecule has 0 aromatic carbocycles. The highest BCUT2D eigenvalue weighted by Crippen LogP contribution is 2.44. The molecule has 0 aromatic rings. The van der Waals surface area contributed by atoms with Gasteiger partial charge in [-0.15, -0.1) is 0 Å². The Hall–Kier alpha value is -3.04. The molecular formula is C19H25NO9. The van der Waals surface area contributed by atoms with Crippen LogP contribution in [0.15, 0.2) is 22.6 Å². The molecule has 2 rings (SSSR count). The highest BCUT2D eigenvalue weighted by Gasteiger charge is 2.53. The molecule has 1 heterocycles. The zero-order valence-corrected chi connectivity index (χ0v) is 16.8. The number of methoxy groups -OCH3 is 4. The maximum atomic E-state index is 12.6. The van der Waals surface area contributed by atoms with Crippen LogP contribution >= 0.6 is 0 Å². The number of rotatable bonds is 5. The fraction of sp³-hybridized carbons (Fsp3) is 0.579. The third-order valence-electron chi connectivity index (χ3n) is 5.29. The van der Waals surface area contributed by atoms with Gasteiger partial charge in [-0.3, -0.25) is 9.59 Å². The molecule has 1 spiro atoms. The van der Waals surface area contributed by atoms with Crippen LogP contribution < -0.4 is 5.32 Å². The van der Waals surface area contributed by atoms with E-state index >= 15 is 0 Å². The predicted octanol–water partition coefficient (Wildman–Crippen LogP) is 0.667. The van der Waals surface area contributed by atoms with Crippen LogP contribution in [0.4, 0.5) is 0 Å². The minimum atomic E-state index is -1.29. The molecule has 0 amide bonds. The maximum absolute atomic E-state index is 12.6. The van der Waals surface area contributed by atoms with Crippen molar-refractivity contribution in [3.63, 3.8) is 0 Å². The molecule has 10 nitrogen and oxygen atoms in total. The second-order valence-electron chi connectivity index (χ2n) is 6.79. The molecule has 1 aliphatic carbocycles. The van der Waals surface area contributed by atoms with Crippen LogP contribution in [0.1, 0.15) is 32.1 Å². The highest BCUT2D eigenvalue weighted by atomic mass is 16.5. The molecule has 0 saturated heterocycles. The first-order valence-electron chi connectivity index (χ1n) is 9.02. The number of nitrogens with one attached hydrogen (secondary N) is 1. The Balaban J connectivity index is 2.86. The SMILES string of the molecule is COC(=O)CC1=C(C(=O)OC)C(C(=O)OC)=C(O)C(C(=O)OC)C2(CCCC2)N1. The van der Waals surface area contributed by atoms with Crippen molar-refractivity contribution in [1.82, 2.24) is 5.32 Å². The molecule has 29 heavy (non-hydrogen) atoms. The van der Waals surface area contributed by atoms with Gasteiger partial charge in [-0.25, -0.2) is 9.59 Å². The monoisotopic (exact) mass is 411 g/mol. The Morgan fingerprint density at radius 2 is 1.48 bits per heavy atom. The molecule has 1 saturated carbocycles. The van der Waals surface area contributed by atoms with Crippen LogP contribution in [0, 0.1) is 5.92 Å². The summed E-state index contributed by atoms with van der Waals surface area (Å²) in [6.07, 6.45) is 1.90. The number of carbonyl (C=O) groups excluding carboxylic acids is 4. The van der Waals surface area contributed by atoms with Gasteiger partial charge in [0.2, 0.25) is 0 Å². The van der Waals surface area contributed by atoms with E-state index in [0.717, 1.165) is 34.2 Å². The Morgan fingerprint density at radius 3 is 1.97 bits per heavy atom. The molecule has 0 aromatic heterocycles. The molecule has 1 fully saturated rings. The lowest BCUT2D eigenvalue weighted by Crippen LogP contribution is -2.52. The normalized spacial score (nSPS) is 20.6. The van der Waals surface area contributed by atoms with E-state index in [1.165, 1.54) is 7.11 Å². The van der Waals surface area contributed by atoms with Gasteiger partial charge >= 0.3 is 23.9 Å². The van der Waals surface area contributed by atoms with Crippen LogP contribution in [0.2, 0.25) is 0 Å². The first-order chi connectivity index (χ1) is 13.8. The van der Waals surface area contributed by atoms with Gasteiger partial charge in [-0.2, -0.15) is 0 Å².